The Labute approximate surface area is 174 Å². The van der Waals surface area contributed by atoms with Crippen molar-refractivity contribution in [1.82, 2.24) is 15.0 Å². The van der Waals surface area contributed by atoms with Gasteiger partial charge in [-0.25, -0.2) is 9.80 Å². The average Bonchev–Trinajstić information content (AvgIpc) is 2.75. The van der Waals surface area contributed by atoms with E-state index in [4.69, 9.17) is 10.5 Å². The summed E-state index contributed by atoms with van der Waals surface area (Å²) < 4.78 is 5.41. The number of amides is 2. The third-order valence-electron chi connectivity index (χ3n) is 5.96. The van der Waals surface area contributed by atoms with Crippen molar-refractivity contribution in [2.24, 2.45) is 5.73 Å². The minimum absolute atomic E-state index is 0.335. The fourth-order valence-corrected chi connectivity index (χ4v) is 4.30. The molecule has 1 fully saturated rings. The van der Waals surface area contributed by atoms with E-state index in [1.165, 1.54) is 24.8 Å². The number of aromatic nitrogens is 1. The first-order valence-electron chi connectivity index (χ1n) is 10.9. The van der Waals surface area contributed by atoms with E-state index in [0.717, 1.165) is 62.0 Å². The van der Waals surface area contributed by atoms with Gasteiger partial charge in [0.1, 0.15) is 5.75 Å². The molecule has 1 saturated heterocycles. The highest BCUT2D eigenvalue weighted by Crippen LogP contribution is 2.34. The minimum Gasteiger partial charge on any atom is -0.497 e. The van der Waals surface area contributed by atoms with Gasteiger partial charge < -0.3 is 10.5 Å². The van der Waals surface area contributed by atoms with E-state index >= 15 is 0 Å². The van der Waals surface area contributed by atoms with E-state index in [9.17, 15) is 4.79 Å². The molecule has 1 aromatic heterocycles. The quantitative estimate of drug-likeness (QED) is 0.622. The van der Waals surface area contributed by atoms with E-state index in [0.29, 0.717) is 5.92 Å². The lowest BCUT2D eigenvalue weighted by Gasteiger charge is -2.39. The molecule has 0 atom stereocenters. The van der Waals surface area contributed by atoms with Gasteiger partial charge in [0.05, 0.1) is 12.6 Å². The lowest BCUT2D eigenvalue weighted by Crippen LogP contribution is -2.52. The van der Waals surface area contributed by atoms with Crippen LogP contribution < -0.4 is 10.5 Å². The zero-order valence-electron chi connectivity index (χ0n) is 17.8. The normalized spacial score (nSPS) is 15.5. The van der Waals surface area contributed by atoms with Gasteiger partial charge in [0.15, 0.2) is 0 Å². The highest BCUT2D eigenvalue weighted by Gasteiger charge is 2.27. The topological polar surface area (TPSA) is 71.7 Å². The van der Waals surface area contributed by atoms with Crippen LogP contribution in [-0.4, -0.2) is 47.8 Å². The van der Waals surface area contributed by atoms with Gasteiger partial charge in [0.25, 0.3) is 0 Å². The van der Waals surface area contributed by atoms with Gasteiger partial charge in [-0.15, -0.1) is 0 Å². The summed E-state index contributed by atoms with van der Waals surface area (Å²) in [5, 5.41) is 5.06. The molecule has 2 amide bonds. The molecule has 2 heterocycles. The summed E-state index contributed by atoms with van der Waals surface area (Å²) in [6.07, 6.45) is 9.75. The zero-order valence-corrected chi connectivity index (χ0v) is 17.8. The van der Waals surface area contributed by atoms with Crippen LogP contribution in [0.4, 0.5) is 4.79 Å². The second-order valence-corrected chi connectivity index (χ2v) is 7.89. The van der Waals surface area contributed by atoms with Gasteiger partial charge in [-0.3, -0.25) is 9.99 Å². The lowest BCUT2D eigenvalue weighted by molar-refractivity contribution is -0.00361. The van der Waals surface area contributed by atoms with Gasteiger partial charge in [-0.2, -0.15) is 0 Å². The summed E-state index contributed by atoms with van der Waals surface area (Å²) in [7, 11) is 1.69. The zero-order chi connectivity index (χ0) is 20.6. The molecule has 1 aliphatic heterocycles. The van der Waals surface area contributed by atoms with E-state index < -0.39 is 0 Å². The fourth-order valence-electron chi connectivity index (χ4n) is 4.30. The summed E-state index contributed by atoms with van der Waals surface area (Å²) in [6.45, 7) is 4.62. The molecule has 1 aliphatic rings. The van der Waals surface area contributed by atoms with Crippen LogP contribution in [0.15, 0.2) is 30.5 Å². The second-order valence-electron chi connectivity index (χ2n) is 7.89. The number of primary amides is 1. The predicted octanol–water partition coefficient (Wildman–Crippen LogP) is 4.69. The van der Waals surface area contributed by atoms with Crippen LogP contribution in [0.25, 0.3) is 10.9 Å². The van der Waals surface area contributed by atoms with Crippen LogP contribution >= 0.6 is 0 Å². The molecule has 0 unspecified atom stereocenters. The molecule has 2 N–H and O–H groups in total. The fraction of sp³-hybridized carbons (Fsp3) is 0.565. The number of fused-ring (bicyclic) bond motifs is 1. The summed E-state index contributed by atoms with van der Waals surface area (Å²) in [4.78, 5) is 16.5. The SMILES string of the molecule is CCCCCCCN(C(N)=O)N1CCC(c2ccnc3ccc(OC)cc23)CC1. The Morgan fingerprint density at radius 1 is 1.21 bits per heavy atom. The molecule has 0 aliphatic carbocycles. The Morgan fingerprint density at radius 2 is 1.97 bits per heavy atom. The molecule has 6 nitrogen and oxygen atoms in total. The van der Waals surface area contributed by atoms with Gasteiger partial charge >= 0.3 is 6.03 Å². The number of urea groups is 1. The van der Waals surface area contributed by atoms with Crippen LogP contribution in [0.5, 0.6) is 5.75 Å². The Balaban J connectivity index is 1.63. The second kappa shape index (κ2) is 10.4. The standard InChI is InChI=1S/C23H34N4O2/c1-3-4-5-6-7-14-27(23(24)28)26-15-11-18(12-16-26)20-10-13-25-22-9-8-19(29-2)17-21(20)22/h8-10,13,17-18H,3-7,11-12,14-16H2,1-2H3,(H2,24,28). The molecule has 158 valence electrons. The molecule has 0 radical (unpaired) electrons. The Kier molecular flexibility index (Phi) is 7.69. The lowest BCUT2D eigenvalue weighted by atomic mass is 9.88. The number of methoxy groups -OCH3 is 1. The van der Waals surface area contributed by atoms with Crippen LogP contribution in [-0.2, 0) is 0 Å². The summed E-state index contributed by atoms with van der Waals surface area (Å²) in [5.74, 6) is 1.30. The third-order valence-corrected chi connectivity index (χ3v) is 5.96. The maximum absolute atomic E-state index is 12.0. The number of hydrogen-bond donors (Lipinski definition) is 1. The number of carbonyl (C=O) groups excluding carboxylic acids is 1. The molecular formula is C23H34N4O2. The Hall–Kier alpha value is -2.34. The average molecular weight is 399 g/mol. The first-order chi connectivity index (χ1) is 14.1. The molecule has 0 saturated carbocycles. The highest BCUT2D eigenvalue weighted by molar-refractivity contribution is 5.84. The van der Waals surface area contributed by atoms with Crippen molar-refractivity contribution in [1.29, 1.82) is 0 Å². The van der Waals surface area contributed by atoms with Crippen molar-refractivity contribution >= 4 is 16.9 Å². The summed E-state index contributed by atoms with van der Waals surface area (Å²) >= 11 is 0. The molecular weight excluding hydrogens is 364 g/mol. The Morgan fingerprint density at radius 3 is 2.66 bits per heavy atom. The molecule has 6 heteroatoms. The van der Waals surface area contributed by atoms with Crippen molar-refractivity contribution in [3.05, 3.63) is 36.0 Å². The number of piperidine rings is 1. The minimum atomic E-state index is -0.335. The van der Waals surface area contributed by atoms with Crippen LogP contribution in [0.1, 0.15) is 63.4 Å². The molecule has 29 heavy (non-hydrogen) atoms. The molecule has 0 spiro atoms. The largest absolute Gasteiger partial charge is 0.497 e. The van der Waals surface area contributed by atoms with E-state index in [1.807, 2.05) is 18.3 Å². The van der Waals surface area contributed by atoms with Crippen LogP contribution in [0.2, 0.25) is 0 Å². The number of hydrazine groups is 1. The number of nitrogens with zero attached hydrogens (tertiary/aromatic N) is 3. The monoisotopic (exact) mass is 398 g/mol. The number of hydrogen-bond acceptors (Lipinski definition) is 4. The first kappa shape index (κ1) is 21.4. The highest BCUT2D eigenvalue weighted by atomic mass is 16.5. The maximum atomic E-state index is 12.0. The summed E-state index contributed by atoms with van der Waals surface area (Å²) in [5.41, 5.74) is 8.00. The first-order valence-corrected chi connectivity index (χ1v) is 10.9. The van der Waals surface area contributed by atoms with Crippen molar-refractivity contribution in [3.8, 4) is 5.75 Å². The number of benzene rings is 1. The molecule has 2 aromatic rings. The van der Waals surface area contributed by atoms with Crippen molar-refractivity contribution in [2.45, 2.75) is 57.8 Å². The van der Waals surface area contributed by atoms with Crippen LogP contribution in [0.3, 0.4) is 0 Å². The number of nitrogens with two attached hydrogens (primary N) is 1. The smallest absolute Gasteiger partial charge is 0.329 e. The number of carbonyl (C=O) groups is 1. The third kappa shape index (κ3) is 5.38. The molecule has 0 bridgehead atoms. The van der Waals surface area contributed by atoms with E-state index in [2.05, 4.69) is 29.0 Å². The van der Waals surface area contributed by atoms with E-state index in [-0.39, 0.29) is 6.03 Å². The van der Waals surface area contributed by atoms with Crippen molar-refractivity contribution in [3.63, 3.8) is 0 Å². The predicted molar refractivity (Wildman–Crippen MR) is 117 cm³/mol. The van der Waals surface area contributed by atoms with Crippen molar-refractivity contribution in [2.75, 3.05) is 26.7 Å². The number of pyridine rings is 1. The Bertz CT molecular complexity index is 803. The van der Waals surface area contributed by atoms with Crippen LogP contribution in [0, 0.1) is 0 Å². The number of ether oxygens (including phenoxy) is 1. The number of rotatable bonds is 9. The van der Waals surface area contributed by atoms with Crippen molar-refractivity contribution < 1.29 is 9.53 Å². The maximum Gasteiger partial charge on any atom is 0.329 e. The van der Waals surface area contributed by atoms with E-state index in [1.54, 1.807) is 12.1 Å². The molecule has 3 rings (SSSR count). The van der Waals surface area contributed by atoms with Gasteiger partial charge in [-0.05, 0) is 55.0 Å². The van der Waals surface area contributed by atoms with Gasteiger partial charge in [-0.1, -0.05) is 32.6 Å². The van der Waals surface area contributed by atoms with Gasteiger partial charge in [0, 0.05) is 31.2 Å². The van der Waals surface area contributed by atoms with Gasteiger partial charge in [0.2, 0.25) is 0 Å². The molecule has 1 aromatic carbocycles. The summed E-state index contributed by atoms with van der Waals surface area (Å²) in [6, 6.07) is 7.84. The number of unbranched alkanes of at least 4 members (excludes halogenated alkanes) is 4.